The number of amides is 1. The fourth-order valence-corrected chi connectivity index (χ4v) is 2.65. The minimum absolute atomic E-state index is 0.0108. The van der Waals surface area contributed by atoms with E-state index in [0.717, 1.165) is 37.0 Å². The fraction of sp³-hybridized carbons (Fsp3) is 0.500. The van der Waals surface area contributed by atoms with Crippen LogP contribution < -0.4 is 5.32 Å². The molecule has 20 heavy (non-hydrogen) atoms. The van der Waals surface area contributed by atoms with Crippen molar-refractivity contribution in [3.05, 3.63) is 23.8 Å². The molecule has 0 atom stereocenters. The molecule has 6 nitrogen and oxygen atoms in total. The van der Waals surface area contributed by atoms with E-state index in [9.17, 15) is 4.79 Å². The molecule has 1 amide bonds. The van der Waals surface area contributed by atoms with Crippen LogP contribution >= 0.6 is 0 Å². The summed E-state index contributed by atoms with van der Waals surface area (Å²) in [7, 11) is 3.50. The molecule has 0 aliphatic carbocycles. The summed E-state index contributed by atoms with van der Waals surface area (Å²) in [6.07, 6.45) is 2.13. The van der Waals surface area contributed by atoms with Crippen LogP contribution in [0.25, 0.3) is 11.0 Å². The minimum atomic E-state index is -0.0108. The third kappa shape index (κ3) is 2.27. The molecular formula is C14H19N5O. The van der Waals surface area contributed by atoms with Crippen molar-refractivity contribution in [2.45, 2.75) is 18.9 Å². The summed E-state index contributed by atoms with van der Waals surface area (Å²) in [5.41, 5.74) is 2.45. The van der Waals surface area contributed by atoms with Crippen LogP contribution in [0.3, 0.4) is 0 Å². The summed E-state index contributed by atoms with van der Waals surface area (Å²) in [6.45, 7) is 2.03. The standard InChI is InChI=1S/C14H19N5O/c1-18(2)14(20)10-3-4-13-12(9-10)16-17-19(13)11-5-7-15-8-6-11/h3-4,9,11,15H,5-8H2,1-2H3. The van der Waals surface area contributed by atoms with E-state index in [1.54, 1.807) is 19.0 Å². The van der Waals surface area contributed by atoms with Crippen molar-refractivity contribution in [2.75, 3.05) is 27.2 Å². The SMILES string of the molecule is CN(C)C(=O)c1ccc2c(c1)nnn2C1CCNCC1. The Labute approximate surface area is 117 Å². The Morgan fingerprint density at radius 1 is 1.35 bits per heavy atom. The molecule has 6 heteroatoms. The number of benzene rings is 1. The van der Waals surface area contributed by atoms with Crippen LogP contribution in [0.1, 0.15) is 29.2 Å². The second-order valence-electron chi connectivity index (χ2n) is 5.42. The highest BCUT2D eigenvalue weighted by Crippen LogP contribution is 2.23. The van der Waals surface area contributed by atoms with Crippen LogP contribution in [-0.2, 0) is 0 Å². The lowest BCUT2D eigenvalue weighted by atomic mass is 10.1. The van der Waals surface area contributed by atoms with Crippen LogP contribution in [-0.4, -0.2) is 53.0 Å². The normalized spacial score (nSPS) is 16.5. The van der Waals surface area contributed by atoms with Gasteiger partial charge in [-0.1, -0.05) is 5.21 Å². The molecule has 0 saturated carbocycles. The van der Waals surface area contributed by atoms with Gasteiger partial charge in [-0.2, -0.15) is 0 Å². The van der Waals surface area contributed by atoms with Gasteiger partial charge in [0.1, 0.15) is 5.52 Å². The molecular weight excluding hydrogens is 254 g/mol. The second kappa shape index (κ2) is 5.20. The van der Waals surface area contributed by atoms with Gasteiger partial charge in [0, 0.05) is 19.7 Å². The summed E-state index contributed by atoms with van der Waals surface area (Å²) >= 11 is 0. The van der Waals surface area contributed by atoms with Gasteiger partial charge >= 0.3 is 0 Å². The van der Waals surface area contributed by atoms with Crippen molar-refractivity contribution in [3.63, 3.8) is 0 Å². The molecule has 1 N–H and O–H groups in total. The molecule has 1 aliphatic rings. The number of fused-ring (bicyclic) bond motifs is 1. The van der Waals surface area contributed by atoms with Gasteiger partial charge in [0.15, 0.2) is 0 Å². The number of aromatic nitrogens is 3. The Bertz CT molecular complexity index is 628. The summed E-state index contributed by atoms with van der Waals surface area (Å²) in [6, 6.07) is 6.03. The highest BCUT2D eigenvalue weighted by Gasteiger charge is 2.19. The largest absolute Gasteiger partial charge is 0.345 e. The first kappa shape index (κ1) is 13.1. The predicted molar refractivity (Wildman–Crippen MR) is 76.7 cm³/mol. The maximum absolute atomic E-state index is 12.0. The first-order valence-corrected chi connectivity index (χ1v) is 6.94. The van der Waals surface area contributed by atoms with Crippen molar-refractivity contribution in [1.82, 2.24) is 25.2 Å². The Kier molecular flexibility index (Phi) is 3.40. The average Bonchev–Trinajstić information content (AvgIpc) is 2.90. The van der Waals surface area contributed by atoms with E-state index in [1.807, 2.05) is 22.9 Å². The highest BCUT2D eigenvalue weighted by molar-refractivity contribution is 5.97. The lowest BCUT2D eigenvalue weighted by molar-refractivity contribution is 0.0828. The van der Waals surface area contributed by atoms with Gasteiger partial charge in [-0.15, -0.1) is 5.10 Å². The zero-order valence-corrected chi connectivity index (χ0v) is 11.8. The molecule has 0 unspecified atom stereocenters. The lowest BCUT2D eigenvalue weighted by Crippen LogP contribution is -2.29. The summed E-state index contributed by atoms with van der Waals surface area (Å²) in [4.78, 5) is 13.5. The van der Waals surface area contributed by atoms with Crippen LogP contribution in [0, 0.1) is 0 Å². The molecule has 106 valence electrons. The van der Waals surface area contributed by atoms with Gasteiger partial charge in [0.05, 0.1) is 11.6 Å². The first-order valence-electron chi connectivity index (χ1n) is 6.94. The molecule has 3 rings (SSSR count). The van der Waals surface area contributed by atoms with Crippen molar-refractivity contribution in [2.24, 2.45) is 0 Å². The summed E-state index contributed by atoms with van der Waals surface area (Å²) in [5.74, 6) is -0.0108. The quantitative estimate of drug-likeness (QED) is 0.888. The number of carbonyl (C=O) groups is 1. The van der Waals surface area contributed by atoms with Gasteiger partial charge in [0.25, 0.3) is 5.91 Å². The Morgan fingerprint density at radius 2 is 2.10 bits per heavy atom. The number of piperidine rings is 1. The molecule has 1 fully saturated rings. The maximum atomic E-state index is 12.0. The number of nitrogens with one attached hydrogen (secondary N) is 1. The zero-order chi connectivity index (χ0) is 14.1. The van der Waals surface area contributed by atoms with Crippen molar-refractivity contribution in [3.8, 4) is 0 Å². The molecule has 1 aromatic heterocycles. The Hall–Kier alpha value is -1.95. The fourth-order valence-electron chi connectivity index (χ4n) is 2.65. The number of nitrogens with zero attached hydrogens (tertiary/aromatic N) is 4. The zero-order valence-electron chi connectivity index (χ0n) is 11.8. The smallest absolute Gasteiger partial charge is 0.253 e. The van der Waals surface area contributed by atoms with Crippen LogP contribution in [0.2, 0.25) is 0 Å². The van der Waals surface area contributed by atoms with Crippen molar-refractivity contribution in [1.29, 1.82) is 0 Å². The summed E-state index contributed by atoms with van der Waals surface area (Å²) in [5, 5.41) is 11.8. The van der Waals surface area contributed by atoms with Gasteiger partial charge in [-0.05, 0) is 44.1 Å². The molecule has 1 aromatic carbocycles. The average molecular weight is 273 g/mol. The molecule has 2 aromatic rings. The monoisotopic (exact) mass is 273 g/mol. The van der Waals surface area contributed by atoms with Crippen molar-refractivity contribution >= 4 is 16.9 Å². The maximum Gasteiger partial charge on any atom is 0.253 e. The summed E-state index contributed by atoms with van der Waals surface area (Å²) < 4.78 is 2.00. The van der Waals surface area contributed by atoms with E-state index in [-0.39, 0.29) is 5.91 Å². The van der Waals surface area contributed by atoms with Crippen LogP contribution in [0.4, 0.5) is 0 Å². The van der Waals surface area contributed by atoms with E-state index in [0.29, 0.717) is 11.6 Å². The van der Waals surface area contributed by atoms with E-state index in [4.69, 9.17) is 0 Å². The lowest BCUT2D eigenvalue weighted by Gasteiger charge is -2.22. The molecule has 0 bridgehead atoms. The minimum Gasteiger partial charge on any atom is -0.345 e. The molecule has 1 aliphatic heterocycles. The van der Waals surface area contributed by atoms with Gasteiger partial charge in [-0.25, -0.2) is 4.68 Å². The highest BCUT2D eigenvalue weighted by atomic mass is 16.2. The van der Waals surface area contributed by atoms with E-state index in [2.05, 4.69) is 15.6 Å². The van der Waals surface area contributed by atoms with Crippen LogP contribution in [0.15, 0.2) is 18.2 Å². The van der Waals surface area contributed by atoms with Crippen LogP contribution in [0.5, 0.6) is 0 Å². The third-order valence-corrected chi connectivity index (χ3v) is 3.78. The van der Waals surface area contributed by atoms with E-state index in [1.165, 1.54) is 0 Å². The second-order valence-corrected chi connectivity index (χ2v) is 5.42. The number of rotatable bonds is 2. The van der Waals surface area contributed by atoms with Gasteiger partial charge in [0.2, 0.25) is 0 Å². The van der Waals surface area contributed by atoms with E-state index >= 15 is 0 Å². The Morgan fingerprint density at radius 3 is 2.80 bits per heavy atom. The number of hydrogen-bond donors (Lipinski definition) is 1. The van der Waals surface area contributed by atoms with Crippen molar-refractivity contribution < 1.29 is 4.79 Å². The van der Waals surface area contributed by atoms with Gasteiger partial charge in [-0.3, -0.25) is 4.79 Å². The third-order valence-electron chi connectivity index (χ3n) is 3.78. The number of carbonyl (C=O) groups excluding carboxylic acids is 1. The topological polar surface area (TPSA) is 63.1 Å². The van der Waals surface area contributed by atoms with E-state index < -0.39 is 0 Å². The predicted octanol–water partition coefficient (Wildman–Crippen LogP) is 1.06. The first-order chi connectivity index (χ1) is 9.66. The Balaban J connectivity index is 1.95. The molecule has 0 radical (unpaired) electrons. The molecule has 2 heterocycles. The number of hydrogen-bond acceptors (Lipinski definition) is 4. The van der Waals surface area contributed by atoms with Gasteiger partial charge < -0.3 is 10.2 Å². The molecule has 0 spiro atoms. The molecule has 1 saturated heterocycles.